The second-order valence-corrected chi connectivity index (χ2v) is 5.75. The molecule has 1 aliphatic rings. The highest BCUT2D eigenvalue weighted by Gasteiger charge is 2.24. The monoisotopic (exact) mass is 313 g/mol. The standard InChI is InChI=1S/C17H19N3O3/c1-12-9-17(18-11-15(12)20(21)22)19-14-7-8-23-16(10-14)13-5-3-2-4-6-13/h2-6,9,11,14,16H,7-8,10H2,1H3,(H,18,19). The van der Waals surface area contributed by atoms with Crippen molar-refractivity contribution in [1.82, 2.24) is 4.98 Å². The first-order chi connectivity index (χ1) is 11.1. The van der Waals surface area contributed by atoms with Crippen LogP contribution >= 0.6 is 0 Å². The number of nitro groups is 1. The maximum absolute atomic E-state index is 10.9. The Bertz CT molecular complexity index is 691. The van der Waals surface area contributed by atoms with Gasteiger partial charge in [0.25, 0.3) is 5.69 Å². The van der Waals surface area contributed by atoms with E-state index in [0.717, 1.165) is 12.8 Å². The number of aryl methyl sites for hydroxylation is 1. The molecule has 2 aromatic rings. The normalized spacial score (nSPS) is 20.9. The Kier molecular flexibility index (Phi) is 4.52. The molecule has 1 aliphatic heterocycles. The van der Waals surface area contributed by atoms with Crippen LogP contribution in [-0.2, 0) is 4.74 Å². The van der Waals surface area contributed by atoms with E-state index in [-0.39, 0.29) is 17.8 Å². The molecule has 1 fully saturated rings. The van der Waals surface area contributed by atoms with Crippen molar-refractivity contribution in [3.8, 4) is 0 Å². The summed E-state index contributed by atoms with van der Waals surface area (Å²) in [6, 6.07) is 12.1. The van der Waals surface area contributed by atoms with Crippen LogP contribution in [0.5, 0.6) is 0 Å². The molecule has 2 heterocycles. The largest absolute Gasteiger partial charge is 0.373 e. The summed E-state index contributed by atoms with van der Waals surface area (Å²) >= 11 is 0. The van der Waals surface area contributed by atoms with E-state index in [1.165, 1.54) is 11.8 Å². The van der Waals surface area contributed by atoms with Gasteiger partial charge in [-0.3, -0.25) is 10.1 Å². The first-order valence-electron chi connectivity index (χ1n) is 7.67. The smallest absolute Gasteiger partial charge is 0.290 e. The summed E-state index contributed by atoms with van der Waals surface area (Å²) in [7, 11) is 0. The fraction of sp³-hybridized carbons (Fsp3) is 0.353. The van der Waals surface area contributed by atoms with Gasteiger partial charge in [0.1, 0.15) is 12.0 Å². The van der Waals surface area contributed by atoms with Crippen LogP contribution in [0.4, 0.5) is 11.5 Å². The number of pyridine rings is 1. The van der Waals surface area contributed by atoms with Crippen molar-refractivity contribution in [2.24, 2.45) is 0 Å². The highest BCUT2D eigenvalue weighted by atomic mass is 16.6. The highest BCUT2D eigenvalue weighted by Crippen LogP contribution is 2.29. The summed E-state index contributed by atoms with van der Waals surface area (Å²) in [4.78, 5) is 14.6. The molecule has 2 atom stereocenters. The van der Waals surface area contributed by atoms with Gasteiger partial charge in [0, 0.05) is 18.2 Å². The lowest BCUT2D eigenvalue weighted by Crippen LogP contribution is -2.30. The van der Waals surface area contributed by atoms with Crippen molar-refractivity contribution in [1.29, 1.82) is 0 Å². The molecule has 0 amide bonds. The Labute approximate surface area is 134 Å². The molecule has 1 aromatic heterocycles. The summed E-state index contributed by atoms with van der Waals surface area (Å²) in [6.07, 6.45) is 3.12. The molecule has 1 N–H and O–H groups in total. The average Bonchev–Trinajstić information content (AvgIpc) is 2.56. The van der Waals surface area contributed by atoms with Crippen LogP contribution in [0, 0.1) is 17.0 Å². The molecular formula is C17H19N3O3. The number of hydrogen-bond acceptors (Lipinski definition) is 5. The van der Waals surface area contributed by atoms with Crippen molar-refractivity contribution in [2.75, 3.05) is 11.9 Å². The Hall–Kier alpha value is -2.47. The van der Waals surface area contributed by atoms with Gasteiger partial charge in [0.05, 0.1) is 11.0 Å². The van der Waals surface area contributed by atoms with E-state index in [2.05, 4.69) is 22.4 Å². The summed E-state index contributed by atoms with van der Waals surface area (Å²) in [5.74, 6) is 0.673. The topological polar surface area (TPSA) is 77.3 Å². The minimum absolute atomic E-state index is 0.0460. The van der Waals surface area contributed by atoms with Crippen molar-refractivity contribution in [2.45, 2.75) is 31.9 Å². The van der Waals surface area contributed by atoms with Crippen LogP contribution in [-0.4, -0.2) is 22.6 Å². The minimum atomic E-state index is -0.411. The third-order valence-electron chi connectivity index (χ3n) is 4.09. The van der Waals surface area contributed by atoms with Crippen molar-refractivity contribution >= 4 is 11.5 Å². The quantitative estimate of drug-likeness (QED) is 0.689. The van der Waals surface area contributed by atoms with Crippen molar-refractivity contribution in [3.05, 3.63) is 63.8 Å². The van der Waals surface area contributed by atoms with Gasteiger partial charge >= 0.3 is 0 Å². The van der Waals surface area contributed by atoms with Gasteiger partial charge in [0.15, 0.2) is 0 Å². The Morgan fingerprint density at radius 1 is 1.35 bits per heavy atom. The summed E-state index contributed by atoms with van der Waals surface area (Å²) < 4.78 is 5.86. The zero-order valence-corrected chi connectivity index (χ0v) is 12.9. The second-order valence-electron chi connectivity index (χ2n) is 5.75. The Morgan fingerprint density at radius 2 is 2.13 bits per heavy atom. The lowest BCUT2D eigenvalue weighted by Gasteiger charge is -2.30. The van der Waals surface area contributed by atoms with Gasteiger partial charge in [-0.05, 0) is 31.4 Å². The number of hydrogen-bond donors (Lipinski definition) is 1. The first-order valence-corrected chi connectivity index (χ1v) is 7.67. The molecule has 120 valence electrons. The van der Waals surface area contributed by atoms with E-state index >= 15 is 0 Å². The van der Waals surface area contributed by atoms with Crippen molar-refractivity contribution in [3.63, 3.8) is 0 Å². The number of aromatic nitrogens is 1. The third-order valence-corrected chi connectivity index (χ3v) is 4.09. The maximum Gasteiger partial charge on any atom is 0.290 e. The first kappa shape index (κ1) is 15.4. The maximum atomic E-state index is 10.9. The lowest BCUT2D eigenvalue weighted by molar-refractivity contribution is -0.385. The number of rotatable bonds is 4. The zero-order chi connectivity index (χ0) is 16.2. The summed E-state index contributed by atoms with van der Waals surface area (Å²) in [5.41, 5.74) is 1.83. The number of nitrogens with one attached hydrogen (secondary N) is 1. The van der Waals surface area contributed by atoms with E-state index in [9.17, 15) is 10.1 Å². The van der Waals surface area contributed by atoms with Crippen LogP contribution < -0.4 is 5.32 Å². The predicted octanol–water partition coefficient (Wildman–Crippen LogP) is 3.63. The summed E-state index contributed by atoms with van der Waals surface area (Å²) in [6.45, 7) is 2.41. The Morgan fingerprint density at radius 3 is 2.83 bits per heavy atom. The molecule has 23 heavy (non-hydrogen) atoms. The van der Waals surface area contributed by atoms with Gasteiger partial charge < -0.3 is 10.1 Å². The molecule has 0 spiro atoms. The van der Waals surface area contributed by atoms with Gasteiger partial charge in [-0.1, -0.05) is 30.3 Å². The lowest BCUT2D eigenvalue weighted by atomic mass is 9.97. The molecule has 0 radical (unpaired) electrons. The molecule has 1 aromatic carbocycles. The molecule has 0 bridgehead atoms. The number of nitrogens with zero attached hydrogens (tertiary/aromatic N) is 2. The molecule has 2 unspecified atom stereocenters. The van der Waals surface area contributed by atoms with Crippen LogP contribution in [0.1, 0.15) is 30.1 Å². The number of anilines is 1. The average molecular weight is 313 g/mol. The third kappa shape index (κ3) is 3.65. The van der Waals surface area contributed by atoms with E-state index in [0.29, 0.717) is 18.0 Å². The SMILES string of the molecule is Cc1cc(NC2CCOC(c3ccccc3)C2)ncc1[N+](=O)[O-]. The van der Waals surface area contributed by atoms with Crippen LogP contribution in [0.2, 0.25) is 0 Å². The molecule has 1 saturated heterocycles. The molecule has 0 aliphatic carbocycles. The van der Waals surface area contributed by atoms with E-state index in [4.69, 9.17) is 4.74 Å². The van der Waals surface area contributed by atoms with Crippen LogP contribution in [0.25, 0.3) is 0 Å². The predicted molar refractivity (Wildman–Crippen MR) is 87.4 cm³/mol. The van der Waals surface area contributed by atoms with Crippen molar-refractivity contribution < 1.29 is 9.66 Å². The van der Waals surface area contributed by atoms with E-state index in [1.54, 1.807) is 13.0 Å². The number of benzene rings is 1. The molecule has 6 heteroatoms. The zero-order valence-electron chi connectivity index (χ0n) is 12.9. The molecule has 0 saturated carbocycles. The van der Waals surface area contributed by atoms with Crippen LogP contribution in [0.3, 0.4) is 0 Å². The second kappa shape index (κ2) is 6.75. The highest BCUT2D eigenvalue weighted by molar-refractivity contribution is 5.47. The van der Waals surface area contributed by atoms with Crippen LogP contribution in [0.15, 0.2) is 42.6 Å². The molecule has 3 rings (SSSR count). The van der Waals surface area contributed by atoms with Gasteiger partial charge in [-0.15, -0.1) is 0 Å². The van der Waals surface area contributed by atoms with Gasteiger partial charge in [-0.25, -0.2) is 4.98 Å². The van der Waals surface area contributed by atoms with E-state index in [1.807, 2.05) is 18.2 Å². The Balaban J connectivity index is 1.68. The fourth-order valence-electron chi connectivity index (χ4n) is 2.86. The van der Waals surface area contributed by atoms with Gasteiger partial charge in [-0.2, -0.15) is 0 Å². The summed E-state index contributed by atoms with van der Waals surface area (Å²) in [5, 5.41) is 14.2. The van der Waals surface area contributed by atoms with E-state index < -0.39 is 4.92 Å². The number of ether oxygens (including phenoxy) is 1. The minimum Gasteiger partial charge on any atom is -0.373 e. The molecular weight excluding hydrogens is 294 g/mol. The molecule has 6 nitrogen and oxygen atoms in total. The van der Waals surface area contributed by atoms with Gasteiger partial charge in [0.2, 0.25) is 0 Å². The fourth-order valence-corrected chi connectivity index (χ4v) is 2.86.